The molecular weight excluding hydrogens is 246 g/mol. The molecule has 2 aromatic rings. The van der Waals surface area contributed by atoms with Crippen molar-refractivity contribution in [2.75, 3.05) is 18.9 Å². The lowest BCUT2D eigenvalue weighted by molar-refractivity contribution is 0.0918. The molecule has 0 bridgehead atoms. The van der Waals surface area contributed by atoms with Gasteiger partial charge in [0.05, 0.1) is 12.2 Å². The molecule has 0 saturated carbocycles. The van der Waals surface area contributed by atoms with Crippen LogP contribution in [0.4, 0.5) is 5.69 Å². The molecule has 0 saturated heterocycles. The first kappa shape index (κ1) is 12.9. The van der Waals surface area contributed by atoms with Gasteiger partial charge in [0.2, 0.25) is 5.76 Å². The summed E-state index contributed by atoms with van der Waals surface area (Å²) in [6.07, 6.45) is 1.25. The Bertz CT molecular complexity index is 549. The van der Waals surface area contributed by atoms with Gasteiger partial charge in [0.1, 0.15) is 12.4 Å². The quantitative estimate of drug-likeness (QED) is 0.626. The molecule has 6 nitrogen and oxygen atoms in total. The lowest BCUT2D eigenvalue weighted by Crippen LogP contribution is -2.28. The normalized spacial score (nSPS) is 10.2. The van der Waals surface area contributed by atoms with Crippen LogP contribution < -0.4 is 15.8 Å². The fourth-order valence-electron chi connectivity index (χ4n) is 1.50. The molecule has 0 atom stereocenters. The predicted octanol–water partition coefficient (Wildman–Crippen LogP) is 1.37. The van der Waals surface area contributed by atoms with Crippen molar-refractivity contribution in [1.29, 1.82) is 0 Å². The summed E-state index contributed by atoms with van der Waals surface area (Å²) < 4.78 is 10.4. The molecule has 1 aromatic heterocycles. The number of amides is 1. The third-order valence-corrected chi connectivity index (χ3v) is 2.49. The van der Waals surface area contributed by atoms with Gasteiger partial charge in [-0.25, -0.2) is 4.98 Å². The standard InChI is InChI=1S/C13H15N3O3/c1-9-12(19-8-16-9)13(17)15-6-7-18-11-4-2-10(14)3-5-11/h2-5,8H,6-7,14H2,1H3,(H,15,17). The number of ether oxygens (including phenoxy) is 1. The highest BCUT2D eigenvalue weighted by Crippen LogP contribution is 2.12. The maximum atomic E-state index is 11.7. The van der Waals surface area contributed by atoms with Crippen LogP contribution in [-0.4, -0.2) is 24.0 Å². The average Bonchev–Trinajstić information content (AvgIpc) is 2.83. The molecule has 0 radical (unpaired) electrons. The number of oxazole rings is 1. The Morgan fingerprint density at radius 2 is 2.16 bits per heavy atom. The fourth-order valence-corrected chi connectivity index (χ4v) is 1.50. The van der Waals surface area contributed by atoms with E-state index in [0.29, 0.717) is 30.3 Å². The summed E-state index contributed by atoms with van der Waals surface area (Å²) in [6, 6.07) is 7.06. The first-order valence-electron chi connectivity index (χ1n) is 5.83. The third kappa shape index (κ3) is 3.48. The van der Waals surface area contributed by atoms with E-state index >= 15 is 0 Å². The van der Waals surface area contributed by atoms with Crippen LogP contribution in [-0.2, 0) is 0 Å². The number of carbonyl (C=O) groups excluding carboxylic acids is 1. The topological polar surface area (TPSA) is 90.4 Å². The van der Waals surface area contributed by atoms with Gasteiger partial charge in [-0.2, -0.15) is 0 Å². The summed E-state index contributed by atoms with van der Waals surface area (Å²) in [5, 5.41) is 2.69. The minimum Gasteiger partial charge on any atom is -0.492 e. The molecule has 3 N–H and O–H groups in total. The zero-order valence-corrected chi connectivity index (χ0v) is 10.6. The smallest absolute Gasteiger partial charge is 0.289 e. The molecule has 1 aromatic carbocycles. The molecular formula is C13H15N3O3. The minimum atomic E-state index is -0.295. The second-order valence-corrected chi connectivity index (χ2v) is 3.94. The largest absolute Gasteiger partial charge is 0.492 e. The van der Waals surface area contributed by atoms with Crippen LogP contribution in [0.15, 0.2) is 35.1 Å². The zero-order chi connectivity index (χ0) is 13.7. The molecule has 19 heavy (non-hydrogen) atoms. The Morgan fingerprint density at radius 1 is 1.42 bits per heavy atom. The van der Waals surface area contributed by atoms with Gasteiger partial charge in [-0.15, -0.1) is 0 Å². The molecule has 0 unspecified atom stereocenters. The Balaban J connectivity index is 1.74. The van der Waals surface area contributed by atoms with Gasteiger partial charge >= 0.3 is 0 Å². The monoisotopic (exact) mass is 261 g/mol. The van der Waals surface area contributed by atoms with Crippen molar-refractivity contribution in [3.63, 3.8) is 0 Å². The number of carbonyl (C=O) groups is 1. The summed E-state index contributed by atoms with van der Waals surface area (Å²) in [7, 11) is 0. The highest BCUT2D eigenvalue weighted by molar-refractivity contribution is 5.92. The maximum Gasteiger partial charge on any atom is 0.289 e. The third-order valence-electron chi connectivity index (χ3n) is 2.49. The molecule has 100 valence electrons. The maximum absolute atomic E-state index is 11.7. The Kier molecular flexibility index (Phi) is 4.02. The van der Waals surface area contributed by atoms with Crippen LogP contribution in [0.5, 0.6) is 5.75 Å². The summed E-state index contributed by atoms with van der Waals surface area (Å²) in [4.78, 5) is 15.5. The fraction of sp³-hybridized carbons (Fsp3) is 0.231. The number of nitrogens with zero attached hydrogens (tertiary/aromatic N) is 1. The van der Waals surface area contributed by atoms with E-state index < -0.39 is 0 Å². The lowest BCUT2D eigenvalue weighted by Gasteiger charge is -2.07. The van der Waals surface area contributed by atoms with E-state index in [9.17, 15) is 4.79 Å². The number of nitrogens with one attached hydrogen (secondary N) is 1. The number of nitrogens with two attached hydrogens (primary N) is 1. The SMILES string of the molecule is Cc1ncoc1C(=O)NCCOc1ccc(N)cc1. The van der Waals surface area contributed by atoms with Gasteiger partial charge in [0.25, 0.3) is 5.91 Å². The Morgan fingerprint density at radius 3 is 2.79 bits per heavy atom. The number of nitrogen functional groups attached to an aromatic ring is 1. The van der Waals surface area contributed by atoms with Crippen LogP contribution in [0.25, 0.3) is 0 Å². The molecule has 0 spiro atoms. The predicted molar refractivity (Wildman–Crippen MR) is 69.9 cm³/mol. The lowest BCUT2D eigenvalue weighted by atomic mass is 10.3. The van der Waals surface area contributed by atoms with Crippen LogP contribution in [0.2, 0.25) is 0 Å². The number of anilines is 1. The van der Waals surface area contributed by atoms with Gasteiger partial charge in [-0.3, -0.25) is 4.79 Å². The Labute approximate surface area is 110 Å². The number of rotatable bonds is 5. The average molecular weight is 261 g/mol. The van der Waals surface area contributed by atoms with Crippen molar-refractivity contribution < 1.29 is 13.9 Å². The van der Waals surface area contributed by atoms with Crippen LogP contribution in [0.1, 0.15) is 16.2 Å². The van der Waals surface area contributed by atoms with Crippen molar-refractivity contribution in [2.24, 2.45) is 0 Å². The molecule has 6 heteroatoms. The van der Waals surface area contributed by atoms with E-state index in [0.717, 1.165) is 0 Å². The van der Waals surface area contributed by atoms with Crippen LogP contribution in [0.3, 0.4) is 0 Å². The first-order valence-corrected chi connectivity index (χ1v) is 5.83. The van der Waals surface area contributed by atoms with Gasteiger partial charge in [-0.05, 0) is 31.2 Å². The number of hydrogen-bond donors (Lipinski definition) is 2. The number of aryl methyl sites for hydroxylation is 1. The molecule has 0 fully saturated rings. The van der Waals surface area contributed by atoms with Crippen molar-refractivity contribution >= 4 is 11.6 Å². The van der Waals surface area contributed by atoms with E-state index in [4.69, 9.17) is 14.9 Å². The van der Waals surface area contributed by atoms with E-state index in [-0.39, 0.29) is 11.7 Å². The van der Waals surface area contributed by atoms with Gasteiger partial charge in [-0.1, -0.05) is 0 Å². The molecule has 0 aliphatic heterocycles. The van der Waals surface area contributed by atoms with Crippen molar-refractivity contribution in [1.82, 2.24) is 10.3 Å². The van der Waals surface area contributed by atoms with Gasteiger partial charge in [0, 0.05) is 5.69 Å². The van der Waals surface area contributed by atoms with Crippen LogP contribution in [0, 0.1) is 6.92 Å². The number of aromatic nitrogens is 1. The van der Waals surface area contributed by atoms with Gasteiger partial charge < -0.3 is 20.2 Å². The zero-order valence-electron chi connectivity index (χ0n) is 10.6. The van der Waals surface area contributed by atoms with E-state index in [1.54, 1.807) is 31.2 Å². The van der Waals surface area contributed by atoms with E-state index in [1.165, 1.54) is 6.39 Å². The summed E-state index contributed by atoms with van der Waals surface area (Å²) in [5.41, 5.74) is 6.81. The van der Waals surface area contributed by atoms with E-state index in [1.807, 2.05) is 0 Å². The molecule has 2 rings (SSSR count). The second kappa shape index (κ2) is 5.90. The highest BCUT2D eigenvalue weighted by Gasteiger charge is 2.12. The molecule has 0 aliphatic rings. The second-order valence-electron chi connectivity index (χ2n) is 3.94. The van der Waals surface area contributed by atoms with Gasteiger partial charge in [0.15, 0.2) is 6.39 Å². The Hall–Kier alpha value is -2.50. The minimum absolute atomic E-state index is 0.229. The molecule has 1 amide bonds. The van der Waals surface area contributed by atoms with Crippen molar-refractivity contribution in [2.45, 2.75) is 6.92 Å². The van der Waals surface area contributed by atoms with Crippen molar-refractivity contribution in [3.05, 3.63) is 42.1 Å². The number of hydrogen-bond acceptors (Lipinski definition) is 5. The molecule has 1 heterocycles. The van der Waals surface area contributed by atoms with Crippen molar-refractivity contribution in [3.8, 4) is 5.75 Å². The first-order chi connectivity index (χ1) is 9.16. The number of benzene rings is 1. The summed E-state index contributed by atoms with van der Waals surface area (Å²) in [6.45, 7) is 2.45. The van der Waals surface area contributed by atoms with E-state index in [2.05, 4.69) is 10.3 Å². The molecule has 0 aliphatic carbocycles. The van der Waals surface area contributed by atoms with Crippen LogP contribution >= 0.6 is 0 Å². The summed E-state index contributed by atoms with van der Waals surface area (Å²) >= 11 is 0. The highest BCUT2D eigenvalue weighted by atomic mass is 16.5. The summed E-state index contributed by atoms with van der Waals surface area (Å²) in [5.74, 6) is 0.641.